The number of aromatic amines is 1. The predicted octanol–water partition coefficient (Wildman–Crippen LogP) is 1.80. The van der Waals surface area contributed by atoms with Gasteiger partial charge in [0.15, 0.2) is 0 Å². The third-order valence-electron chi connectivity index (χ3n) is 2.28. The average molecular weight is 291 g/mol. The Balaban J connectivity index is 2.39. The SMILES string of the molecule is O=S(=O)(Cc1ccccc1)c1n[nH]nc1C(F)(F)F. The first-order valence-electron chi connectivity index (χ1n) is 5.05. The summed E-state index contributed by atoms with van der Waals surface area (Å²) < 4.78 is 61.5. The Bertz CT molecular complexity index is 665. The molecule has 0 spiro atoms. The van der Waals surface area contributed by atoms with Crippen LogP contribution in [-0.2, 0) is 21.8 Å². The highest BCUT2D eigenvalue weighted by atomic mass is 32.2. The van der Waals surface area contributed by atoms with Crippen molar-refractivity contribution in [1.29, 1.82) is 0 Å². The smallest absolute Gasteiger partial charge is 0.222 e. The Morgan fingerprint density at radius 3 is 2.32 bits per heavy atom. The molecule has 5 nitrogen and oxygen atoms in total. The van der Waals surface area contributed by atoms with Gasteiger partial charge in [0, 0.05) is 0 Å². The summed E-state index contributed by atoms with van der Waals surface area (Å²) in [5.41, 5.74) is -1.15. The van der Waals surface area contributed by atoms with E-state index in [4.69, 9.17) is 0 Å². The van der Waals surface area contributed by atoms with E-state index in [2.05, 4.69) is 10.2 Å². The van der Waals surface area contributed by atoms with Crippen molar-refractivity contribution in [1.82, 2.24) is 15.4 Å². The zero-order chi connectivity index (χ0) is 14.1. The van der Waals surface area contributed by atoms with Crippen molar-refractivity contribution in [3.8, 4) is 0 Å². The molecule has 0 atom stereocenters. The van der Waals surface area contributed by atoms with Gasteiger partial charge in [0.1, 0.15) is 0 Å². The van der Waals surface area contributed by atoms with Gasteiger partial charge < -0.3 is 0 Å². The molecule has 0 saturated heterocycles. The van der Waals surface area contributed by atoms with Gasteiger partial charge in [-0.15, -0.1) is 5.10 Å². The lowest BCUT2D eigenvalue weighted by Gasteiger charge is -2.05. The number of hydrogen-bond donors (Lipinski definition) is 1. The molecule has 1 heterocycles. The van der Waals surface area contributed by atoms with Gasteiger partial charge in [-0.05, 0) is 5.56 Å². The molecule has 1 aromatic carbocycles. The molecule has 0 aliphatic rings. The van der Waals surface area contributed by atoms with Crippen LogP contribution < -0.4 is 0 Å². The Morgan fingerprint density at radius 1 is 1.11 bits per heavy atom. The van der Waals surface area contributed by atoms with E-state index in [0.29, 0.717) is 5.56 Å². The normalized spacial score (nSPS) is 12.6. The van der Waals surface area contributed by atoms with Crippen LogP contribution in [0.15, 0.2) is 35.4 Å². The van der Waals surface area contributed by atoms with E-state index in [0.717, 1.165) is 0 Å². The van der Waals surface area contributed by atoms with Crippen molar-refractivity contribution in [2.75, 3.05) is 0 Å². The van der Waals surface area contributed by atoms with Crippen LogP contribution in [0.2, 0.25) is 0 Å². The van der Waals surface area contributed by atoms with Gasteiger partial charge in [-0.2, -0.15) is 23.5 Å². The van der Waals surface area contributed by atoms with Gasteiger partial charge in [0.05, 0.1) is 5.75 Å². The number of rotatable bonds is 3. The van der Waals surface area contributed by atoms with E-state index in [-0.39, 0.29) is 0 Å². The van der Waals surface area contributed by atoms with E-state index >= 15 is 0 Å². The second kappa shape index (κ2) is 4.65. The van der Waals surface area contributed by atoms with Crippen LogP contribution in [0.3, 0.4) is 0 Å². The van der Waals surface area contributed by atoms with Crippen molar-refractivity contribution < 1.29 is 21.6 Å². The standard InChI is InChI=1S/C10H8F3N3O2S/c11-10(12,13)8-9(15-16-14-8)19(17,18)6-7-4-2-1-3-5-7/h1-5H,6H2,(H,14,15,16). The van der Waals surface area contributed by atoms with Gasteiger partial charge in [-0.3, -0.25) is 0 Å². The number of hydrogen-bond acceptors (Lipinski definition) is 4. The van der Waals surface area contributed by atoms with Gasteiger partial charge in [-0.1, -0.05) is 30.3 Å². The Labute approximate surface area is 106 Å². The minimum absolute atomic E-state index is 0.374. The van der Waals surface area contributed by atoms with Gasteiger partial charge in [0.2, 0.25) is 20.6 Å². The van der Waals surface area contributed by atoms with Gasteiger partial charge in [0.25, 0.3) is 0 Å². The van der Waals surface area contributed by atoms with Crippen molar-refractivity contribution in [3.05, 3.63) is 41.6 Å². The number of benzene rings is 1. The van der Waals surface area contributed by atoms with Crippen molar-refractivity contribution in [2.45, 2.75) is 17.0 Å². The van der Waals surface area contributed by atoms with E-state index in [1.165, 1.54) is 12.1 Å². The molecule has 0 aliphatic carbocycles. The summed E-state index contributed by atoms with van der Waals surface area (Å²) in [5, 5.41) is 6.58. The molecular weight excluding hydrogens is 283 g/mol. The van der Waals surface area contributed by atoms with Crippen LogP contribution in [0.25, 0.3) is 0 Å². The second-order valence-corrected chi connectivity index (χ2v) is 5.62. The summed E-state index contributed by atoms with van der Waals surface area (Å²) in [7, 11) is -4.21. The molecular formula is C10H8F3N3O2S. The maximum Gasteiger partial charge on any atom is 0.438 e. The van der Waals surface area contributed by atoms with Gasteiger partial charge >= 0.3 is 6.18 Å². The lowest BCUT2D eigenvalue weighted by molar-refractivity contribution is -0.143. The first kappa shape index (κ1) is 13.5. The summed E-state index contributed by atoms with van der Waals surface area (Å²) in [5.74, 6) is -0.566. The van der Waals surface area contributed by atoms with Crippen LogP contribution in [-0.4, -0.2) is 23.8 Å². The maximum atomic E-state index is 12.6. The zero-order valence-electron chi connectivity index (χ0n) is 9.35. The van der Waals surface area contributed by atoms with Gasteiger partial charge in [-0.25, -0.2) is 8.42 Å². The number of nitrogens with one attached hydrogen (secondary N) is 1. The molecule has 0 aliphatic heterocycles. The number of alkyl halides is 3. The highest BCUT2D eigenvalue weighted by Crippen LogP contribution is 2.32. The monoisotopic (exact) mass is 291 g/mol. The molecule has 102 valence electrons. The Hall–Kier alpha value is -1.90. The average Bonchev–Trinajstić information content (AvgIpc) is 2.78. The Morgan fingerprint density at radius 2 is 1.74 bits per heavy atom. The molecule has 1 aromatic heterocycles. The molecule has 2 rings (SSSR count). The largest absolute Gasteiger partial charge is 0.438 e. The molecule has 0 unspecified atom stereocenters. The summed E-state index contributed by atoms with van der Waals surface area (Å²) in [6, 6.07) is 7.87. The lowest BCUT2D eigenvalue weighted by atomic mass is 10.2. The summed E-state index contributed by atoms with van der Waals surface area (Å²) >= 11 is 0. The molecule has 0 fully saturated rings. The number of sulfone groups is 1. The molecule has 1 N–H and O–H groups in total. The lowest BCUT2D eigenvalue weighted by Crippen LogP contribution is -2.14. The maximum absolute atomic E-state index is 12.6. The highest BCUT2D eigenvalue weighted by molar-refractivity contribution is 7.90. The fourth-order valence-corrected chi connectivity index (χ4v) is 2.89. The van der Waals surface area contributed by atoms with Crippen LogP contribution >= 0.6 is 0 Å². The molecule has 0 bridgehead atoms. The van der Waals surface area contributed by atoms with Crippen LogP contribution in [0.4, 0.5) is 13.2 Å². The third kappa shape index (κ3) is 2.92. The fourth-order valence-electron chi connectivity index (χ4n) is 1.48. The summed E-state index contributed by atoms with van der Waals surface area (Å²) in [6.45, 7) is 0. The van der Waals surface area contributed by atoms with Crippen molar-refractivity contribution in [2.24, 2.45) is 0 Å². The van der Waals surface area contributed by atoms with E-state index in [9.17, 15) is 21.6 Å². The van der Waals surface area contributed by atoms with Crippen LogP contribution in [0.5, 0.6) is 0 Å². The number of nitrogens with zero attached hydrogens (tertiary/aromatic N) is 2. The molecule has 0 radical (unpaired) electrons. The van der Waals surface area contributed by atoms with Crippen LogP contribution in [0.1, 0.15) is 11.3 Å². The predicted molar refractivity (Wildman–Crippen MR) is 58.7 cm³/mol. The molecule has 0 amide bonds. The minimum Gasteiger partial charge on any atom is -0.222 e. The quantitative estimate of drug-likeness (QED) is 0.935. The third-order valence-corrected chi connectivity index (χ3v) is 3.87. The Kier molecular flexibility index (Phi) is 3.31. The van der Waals surface area contributed by atoms with Crippen molar-refractivity contribution >= 4 is 9.84 Å². The van der Waals surface area contributed by atoms with Crippen LogP contribution in [0, 0.1) is 0 Å². The molecule has 0 saturated carbocycles. The molecule has 19 heavy (non-hydrogen) atoms. The number of aromatic nitrogens is 3. The van der Waals surface area contributed by atoms with Crippen molar-refractivity contribution in [3.63, 3.8) is 0 Å². The van der Waals surface area contributed by atoms with E-state index in [1.807, 2.05) is 0 Å². The topological polar surface area (TPSA) is 75.7 Å². The number of H-pyrrole nitrogens is 1. The zero-order valence-corrected chi connectivity index (χ0v) is 10.2. The molecule has 2 aromatic rings. The first-order valence-corrected chi connectivity index (χ1v) is 6.70. The van der Waals surface area contributed by atoms with E-state index < -0.39 is 32.5 Å². The van der Waals surface area contributed by atoms with E-state index in [1.54, 1.807) is 23.4 Å². The fraction of sp³-hybridized carbons (Fsp3) is 0.200. The number of halogens is 3. The summed E-state index contributed by atoms with van der Waals surface area (Å²) in [4.78, 5) is 0. The summed E-state index contributed by atoms with van der Waals surface area (Å²) in [6.07, 6.45) is -4.87. The molecule has 9 heteroatoms. The first-order chi connectivity index (χ1) is 8.81. The highest BCUT2D eigenvalue weighted by Gasteiger charge is 2.41. The minimum atomic E-state index is -4.87. The second-order valence-electron chi connectivity index (χ2n) is 3.72.